The van der Waals surface area contributed by atoms with Gasteiger partial charge in [0.25, 0.3) is 0 Å². The molecular weight excluding hydrogens is 321 g/mol. The second-order valence-electron chi connectivity index (χ2n) is 5.94. The summed E-state index contributed by atoms with van der Waals surface area (Å²) in [6.07, 6.45) is 4.70. The van der Waals surface area contributed by atoms with Crippen LogP contribution in [0.5, 0.6) is 0 Å². The number of halogens is 1. The topological polar surface area (TPSA) is 48.7 Å². The quantitative estimate of drug-likeness (QED) is 0.818. The first-order valence-electron chi connectivity index (χ1n) is 8.43. The van der Waals surface area contributed by atoms with Crippen LogP contribution in [-0.4, -0.2) is 50.1 Å². The van der Waals surface area contributed by atoms with Crippen LogP contribution < -0.4 is 10.2 Å². The van der Waals surface area contributed by atoms with E-state index < -0.39 is 0 Å². The zero-order chi connectivity index (χ0) is 17.5. The van der Waals surface area contributed by atoms with E-state index in [1.54, 1.807) is 24.5 Å². The maximum atomic E-state index is 13.0. The fraction of sp³-hybridized carbons (Fsp3) is 0.316. The number of nitrogens with zero attached hydrogens (tertiary/aromatic N) is 2. The fourth-order valence-electron chi connectivity index (χ4n) is 2.82. The number of benzene rings is 1. The number of carbonyl (C=O) groups is 1. The van der Waals surface area contributed by atoms with E-state index in [9.17, 15) is 9.18 Å². The van der Waals surface area contributed by atoms with Crippen molar-refractivity contribution in [2.75, 3.05) is 44.2 Å². The lowest BCUT2D eigenvalue weighted by Crippen LogP contribution is -2.48. The third-order valence-electron chi connectivity index (χ3n) is 4.23. The average molecular weight is 343 g/mol. The van der Waals surface area contributed by atoms with Gasteiger partial charge in [-0.3, -0.25) is 9.69 Å². The molecule has 1 fully saturated rings. The van der Waals surface area contributed by atoms with Crippen LogP contribution in [0.15, 0.2) is 53.2 Å². The predicted molar refractivity (Wildman–Crippen MR) is 95.8 cm³/mol. The van der Waals surface area contributed by atoms with Gasteiger partial charge in [0.05, 0.1) is 6.26 Å². The Morgan fingerprint density at radius 2 is 1.92 bits per heavy atom. The molecule has 1 amide bonds. The zero-order valence-electron chi connectivity index (χ0n) is 14.0. The minimum Gasteiger partial charge on any atom is -0.465 e. The summed E-state index contributed by atoms with van der Waals surface area (Å²) in [6, 6.07) is 10.2. The summed E-state index contributed by atoms with van der Waals surface area (Å²) in [4.78, 5) is 16.3. The minimum atomic E-state index is -0.209. The Kier molecular flexibility index (Phi) is 5.85. The molecule has 1 aromatic heterocycles. The normalized spacial score (nSPS) is 15.6. The largest absolute Gasteiger partial charge is 0.465 e. The Labute approximate surface area is 146 Å². The second kappa shape index (κ2) is 8.48. The van der Waals surface area contributed by atoms with Crippen molar-refractivity contribution in [3.05, 3.63) is 60.3 Å². The van der Waals surface area contributed by atoms with Crippen LogP contribution in [0.1, 0.15) is 5.76 Å². The van der Waals surface area contributed by atoms with Crippen LogP contribution in [0.3, 0.4) is 0 Å². The van der Waals surface area contributed by atoms with Crippen molar-refractivity contribution in [1.29, 1.82) is 0 Å². The molecule has 5 nitrogen and oxygen atoms in total. The van der Waals surface area contributed by atoms with Gasteiger partial charge in [0.15, 0.2) is 0 Å². The Morgan fingerprint density at radius 3 is 2.60 bits per heavy atom. The lowest BCUT2D eigenvalue weighted by atomic mass is 10.2. The van der Waals surface area contributed by atoms with Crippen LogP contribution in [0.4, 0.5) is 10.1 Å². The first-order chi connectivity index (χ1) is 12.2. The molecule has 132 valence electrons. The number of nitrogens with one attached hydrogen (secondary N) is 1. The highest BCUT2D eigenvalue weighted by Gasteiger charge is 2.16. The lowest BCUT2D eigenvalue weighted by Gasteiger charge is -2.36. The molecule has 0 radical (unpaired) electrons. The third kappa shape index (κ3) is 5.19. The molecule has 1 N–H and O–H groups in total. The SMILES string of the molecule is O=C(/C=C/c1ccco1)NCCN1CCN(c2ccc(F)cc2)CC1. The molecule has 6 heteroatoms. The van der Waals surface area contributed by atoms with Gasteiger partial charge in [0, 0.05) is 51.0 Å². The molecule has 2 aromatic rings. The maximum Gasteiger partial charge on any atom is 0.244 e. The Balaban J connectivity index is 1.35. The van der Waals surface area contributed by atoms with Gasteiger partial charge in [0.2, 0.25) is 5.91 Å². The monoisotopic (exact) mass is 343 g/mol. The van der Waals surface area contributed by atoms with E-state index in [4.69, 9.17) is 4.42 Å². The standard InChI is InChI=1S/C19H22FN3O2/c20-16-3-5-17(6-4-16)23-13-11-22(12-14-23)10-9-21-19(24)8-7-18-2-1-15-25-18/h1-8,15H,9-14H2,(H,21,24)/b8-7+. The van der Waals surface area contributed by atoms with E-state index in [1.165, 1.54) is 18.2 Å². The first kappa shape index (κ1) is 17.2. The fourth-order valence-corrected chi connectivity index (χ4v) is 2.82. The molecule has 3 rings (SSSR count). The number of hydrogen-bond donors (Lipinski definition) is 1. The van der Waals surface area contributed by atoms with Crippen molar-refractivity contribution in [3.63, 3.8) is 0 Å². The summed E-state index contributed by atoms with van der Waals surface area (Å²) < 4.78 is 18.1. The Hall–Kier alpha value is -2.60. The van der Waals surface area contributed by atoms with E-state index in [2.05, 4.69) is 15.1 Å². The lowest BCUT2D eigenvalue weighted by molar-refractivity contribution is -0.116. The van der Waals surface area contributed by atoms with E-state index in [0.29, 0.717) is 12.3 Å². The van der Waals surface area contributed by atoms with Gasteiger partial charge in [-0.15, -0.1) is 0 Å². The van der Waals surface area contributed by atoms with Crippen LogP contribution in [0.2, 0.25) is 0 Å². The molecule has 0 atom stereocenters. The summed E-state index contributed by atoms with van der Waals surface area (Å²) in [7, 11) is 0. The van der Waals surface area contributed by atoms with Gasteiger partial charge in [-0.25, -0.2) is 4.39 Å². The number of piperazine rings is 1. The van der Waals surface area contributed by atoms with Crippen molar-refractivity contribution in [2.24, 2.45) is 0 Å². The van der Waals surface area contributed by atoms with E-state index in [0.717, 1.165) is 38.4 Å². The van der Waals surface area contributed by atoms with Crippen LogP contribution in [0, 0.1) is 5.82 Å². The summed E-state index contributed by atoms with van der Waals surface area (Å²) in [6.45, 7) is 5.08. The smallest absolute Gasteiger partial charge is 0.244 e. The molecule has 0 unspecified atom stereocenters. The molecule has 0 saturated carbocycles. The molecule has 25 heavy (non-hydrogen) atoms. The molecule has 0 spiro atoms. The summed E-state index contributed by atoms with van der Waals surface area (Å²) in [5.41, 5.74) is 1.05. The minimum absolute atomic E-state index is 0.124. The molecule has 1 aliphatic rings. The summed E-state index contributed by atoms with van der Waals surface area (Å²) >= 11 is 0. The molecule has 2 heterocycles. The van der Waals surface area contributed by atoms with Crippen LogP contribution in [0.25, 0.3) is 6.08 Å². The Morgan fingerprint density at radius 1 is 1.16 bits per heavy atom. The number of amides is 1. The molecule has 0 aliphatic carbocycles. The van der Waals surface area contributed by atoms with Gasteiger partial charge in [-0.1, -0.05) is 0 Å². The molecule has 1 saturated heterocycles. The zero-order valence-corrected chi connectivity index (χ0v) is 14.0. The van der Waals surface area contributed by atoms with Crippen molar-refractivity contribution < 1.29 is 13.6 Å². The molecule has 1 aromatic carbocycles. The number of anilines is 1. The van der Waals surface area contributed by atoms with E-state index in [-0.39, 0.29) is 11.7 Å². The van der Waals surface area contributed by atoms with Crippen molar-refractivity contribution in [1.82, 2.24) is 10.2 Å². The van der Waals surface area contributed by atoms with E-state index in [1.807, 2.05) is 12.1 Å². The highest BCUT2D eigenvalue weighted by atomic mass is 19.1. The number of carbonyl (C=O) groups excluding carboxylic acids is 1. The predicted octanol–water partition coefficient (Wildman–Crippen LogP) is 2.37. The molecule has 0 bridgehead atoms. The maximum absolute atomic E-state index is 13.0. The van der Waals surface area contributed by atoms with Crippen LogP contribution in [-0.2, 0) is 4.79 Å². The van der Waals surface area contributed by atoms with Gasteiger partial charge in [-0.2, -0.15) is 0 Å². The average Bonchev–Trinajstić information content (AvgIpc) is 3.15. The molecular formula is C19H22FN3O2. The van der Waals surface area contributed by atoms with Gasteiger partial charge < -0.3 is 14.6 Å². The van der Waals surface area contributed by atoms with E-state index >= 15 is 0 Å². The number of hydrogen-bond acceptors (Lipinski definition) is 4. The number of rotatable bonds is 6. The third-order valence-corrected chi connectivity index (χ3v) is 4.23. The second-order valence-corrected chi connectivity index (χ2v) is 5.94. The first-order valence-corrected chi connectivity index (χ1v) is 8.43. The summed E-state index contributed by atoms with van der Waals surface area (Å²) in [5.74, 6) is 0.327. The highest BCUT2D eigenvalue weighted by Crippen LogP contribution is 2.16. The summed E-state index contributed by atoms with van der Waals surface area (Å²) in [5, 5.41) is 2.88. The van der Waals surface area contributed by atoms with Crippen molar-refractivity contribution in [2.45, 2.75) is 0 Å². The van der Waals surface area contributed by atoms with Crippen molar-refractivity contribution >= 4 is 17.7 Å². The van der Waals surface area contributed by atoms with Gasteiger partial charge in [-0.05, 0) is 42.5 Å². The molecule has 1 aliphatic heterocycles. The number of furan rings is 1. The highest BCUT2D eigenvalue weighted by molar-refractivity contribution is 5.91. The van der Waals surface area contributed by atoms with Gasteiger partial charge >= 0.3 is 0 Å². The Bertz CT molecular complexity index is 690. The van der Waals surface area contributed by atoms with Crippen molar-refractivity contribution in [3.8, 4) is 0 Å². The van der Waals surface area contributed by atoms with Crippen LogP contribution >= 0.6 is 0 Å². The van der Waals surface area contributed by atoms with Gasteiger partial charge in [0.1, 0.15) is 11.6 Å².